The van der Waals surface area contributed by atoms with Crippen LogP contribution in [0.4, 0.5) is 0 Å². The SMILES string of the molecule is C=C/C=C(\C=C)C1N=C(c2cccc(C(=O)O)c2)NO1. The van der Waals surface area contributed by atoms with E-state index < -0.39 is 12.2 Å². The lowest BCUT2D eigenvalue weighted by Crippen LogP contribution is -2.20. The molecule has 1 aliphatic heterocycles. The third kappa shape index (κ3) is 2.84. The van der Waals surface area contributed by atoms with Crippen LogP contribution in [0, 0.1) is 0 Å². The molecule has 1 heterocycles. The monoisotopic (exact) mass is 270 g/mol. The zero-order valence-corrected chi connectivity index (χ0v) is 10.7. The molecule has 1 atom stereocenters. The summed E-state index contributed by atoms with van der Waals surface area (Å²) in [5.41, 5.74) is 4.30. The van der Waals surface area contributed by atoms with Gasteiger partial charge in [-0.1, -0.05) is 43.5 Å². The molecule has 1 aromatic carbocycles. The first-order chi connectivity index (χ1) is 9.65. The van der Waals surface area contributed by atoms with Gasteiger partial charge in [0.15, 0.2) is 5.84 Å². The second kappa shape index (κ2) is 5.99. The molecule has 5 nitrogen and oxygen atoms in total. The van der Waals surface area contributed by atoms with Gasteiger partial charge in [-0.25, -0.2) is 20.1 Å². The van der Waals surface area contributed by atoms with E-state index in [2.05, 4.69) is 23.6 Å². The summed E-state index contributed by atoms with van der Waals surface area (Å²) < 4.78 is 0. The number of carboxylic acids is 1. The van der Waals surface area contributed by atoms with Crippen molar-refractivity contribution in [1.29, 1.82) is 0 Å². The van der Waals surface area contributed by atoms with Crippen LogP contribution in [-0.2, 0) is 4.84 Å². The number of rotatable bonds is 5. The topological polar surface area (TPSA) is 70.9 Å². The Kier molecular flexibility index (Phi) is 4.12. The fourth-order valence-corrected chi connectivity index (χ4v) is 1.74. The highest BCUT2D eigenvalue weighted by molar-refractivity contribution is 6.01. The Bertz CT molecular complexity index is 617. The molecule has 0 radical (unpaired) electrons. The normalized spacial score (nSPS) is 18.1. The van der Waals surface area contributed by atoms with Crippen molar-refractivity contribution in [2.24, 2.45) is 4.99 Å². The molecular formula is C15H14N2O3. The number of nitrogens with one attached hydrogen (secondary N) is 1. The molecule has 1 aliphatic rings. The quantitative estimate of drug-likeness (QED) is 0.805. The van der Waals surface area contributed by atoms with Gasteiger partial charge in [-0.15, -0.1) is 0 Å². The van der Waals surface area contributed by atoms with Gasteiger partial charge >= 0.3 is 5.97 Å². The molecule has 0 fully saturated rings. The number of hydroxylamine groups is 1. The number of hydrogen-bond acceptors (Lipinski definition) is 4. The molecule has 0 saturated carbocycles. The Labute approximate surface area is 116 Å². The summed E-state index contributed by atoms with van der Waals surface area (Å²) >= 11 is 0. The van der Waals surface area contributed by atoms with Crippen LogP contribution in [0.5, 0.6) is 0 Å². The summed E-state index contributed by atoms with van der Waals surface area (Å²) in [6.45, 7) is 7.30. The van der Waals surface area contributed by atoms with Crippen molar-refractivity contribution in [2.75, 3.05) is 0 Å². The molecule has 0 saturated heterocycles. The highest BCUT2D eigenvalue weighted by Gasteiger charge is 2.21. The molecule has 0 spiro atoms. The molecule has 0 bridgehead atoms. The van der Waals surface area contributed by atoms with Gasteiger partial charge in [0.05, 0.1) is 5.56 Å². The Hall–Kier alpha value is -2.66. The van der Waals surface area contributed by atoms with Crippen LogP contribution in [0.25, 0.3) is 0 Å². The van der Waals surface area contributed by atoms with E-state index in [9.17, 15) is 4.79 Å². The van der Waals surface area contributed by atoms with E-state index in [1.165, 1.54) is 12.1 Å². The van der Waals surface area contributed by atoms with Crippen LogP contribution >= 0.6 is 0 Å². The third-order valence-corrected chi connectivity index (χ3v) is 2.73. The highest BCUT2D eigenvalue weighted by atomic mass is 16.7. The van der Waals surface area contributed by atoms with Crippen molar-refractivity contribution in [3.05, 3.63) is 72.4 Å². The van der Waals surface area contributed by atoms with Gasteiger partial charge in [0, 0.05) is 11.1 Å². The Morgan fingerprint density at radius 1 is 1.45 bits per heavy atom. The molecule has 2 N–H and O–H groups in total. The maximum absolute atomic E-state index is 10.9. The summed E-state index contributed by atoms with van der Waals surface area (Å²) in [6.07, 6.45) is 4.49. The van der Waals surface area contributed by atoms with Crippen molar-refractivity contribution < 1.29 is 14.7 Å². The molecule has 2 rings (SSSR count). The zero-order valence-electron chi connectivity index (χ0n) is 10.7. The number of nitrogens with zero attached hydrogens (tertiary/aromatic N) is 1. The van der Waals surface area contributed by atoms with Crippen molar-refractivity contribution in [3.63, 3.8) is 0 Å². The minimum atomic E-state index is -0.985. The third-order valence-electron chi connectivity index (χ3n) is 2.73. The number of aliphatic imine (C=N–C) groups is 1. The summed E-state index contributed by atoms with van der Waals surface area (Å²) in [6, 6.07) is 6.47. The van der Waals surface area contributed by atoms with E-state index in [0.717, 1.165) is 5.57 Å². The average molecular weight is 270 g/mol. The maximum atomic E-state index is 10.9. The number of carbonyl (C=O) groups is 1. The molecule has 0 aromatic heterocycles. The van der Waals surface area contributed by atoms with E-state index in [0.29, 0.717) is 11.4 Å². The van der Waals surface area contributed by atoms with Gasteiger partial charge in [0.2, 0.25) is 6.23 Å². The van der Waals surface area contributed by atoms with Crippen molar-refractivity contribution in [2.45, 2.75) is 6.23 Å². The van der Waals surface area contributed by atoms with Gasteiger partial charge in [0.25, 0.3) is 0 Å². The van der Waals surface area contributed by atoms with Gasteiger partial charge in [-0.05, 0) is 12.1 Å². The lowest BCUT2D eigenvalue weighted by molar-refractivity contribution is 0.0628. The van der Waals surface area contributed by atoms with Gasteiger partial charge < -0.3 is 5.11 Å². The second-order valence-electron chi connectivity index (χ2n) is 4.04. The second-order valence-corrected chi connectivity index (χ2v) is 4.04. The first-order valence-electron chi connectivity index (χ1n) is 5.94. The zero-order chi connectivity index (χ0) is 14.5. The lowest BCUT2D eigenvalue weighted by atomic mass is 10.1. The van der Waals surface area contributed by atoms with Crippen LogP contribution in [0.1, 0.15) is 15.9 Å². The van der Waals surface area contributed by atoms with Crippen LogP contribution in [0.15, 0.2) is 66.2 Å². The van der Waals surface area contributed by atoms with E-state index in [1.54, 1.807) is 30.4 Å². The minimum absolute atomic E-state index is 0.195. The van der Waals surface area contributed by atoms with Crippen molar-refractivity contribution in [1.82, 2.24) is 5.48 Å². The number of benzene rings is 1. The highest BCUT2D eigenvalue weighted by Crippen LogP contribution is 2.16. The number of amidine groups is 1. The number of carboxylic acid groups (broad SMARTS) is 1. The number of allylic oxidation sites excluding steroid dienone is 2. The van der Waals surface area contributed by atoms with Crippen LogP contribution in [0.2, 0.25) is 0 Å². The standard InChI is InChI=1S/C15H14N2O3/c1-3-6-10(4-2)14-16-13(17-20-14)11-7-5-8-12(9-11)15(18)19/h3-9,14H,1-2H2,(H,16,17)(H,18,19)/b10-6+. The first-order valence-corrected chi connectivity index (χ1v) is 5.94. The Morgan fingerprint density at radius 2 is 2.25 bits per heavy atom. The summed E-state index contributed by atoms with van der Waals surface area (Å²) in [5.74, 6) is -0.504. The van der Waals surface area contributed by atoms with E-state index in [-0.39, 0.29) is 5.56 Å². The molecule has 1 aromatic rings. The van der Waals surface area contributed by atoms with E-state index in [1.807, 2.05) is 0 Å². The predicted octanol–water partition coefficient (Wildman–Crippen LogP) is 2.29. The molecule has 5 heteroatoms. The van der Waals surface area contributed by atoms with Crippen LogP contribution in [0.3, 0.4) is 0 Å². The Morgan fingerprint density at radius 3 is 2.90 bits per heavy atom. The molecule has 1 unspecified atom stereocenters. The molecule has 20 heavy (non-hydrogen) atoms. The minimum Gasteiger partial charge on any atom is -0.478 e. The smallest absolute Gasteiger partial charge is 0.335 e. The van der Waals surface area contributed by atoms with Crippen LogP contribution < -0.4 is 5.48 Å². The fourth-order valence-electron chi connectivity index (χ4n) is 1.74. The van der Waals surface area contributed by atoms with E-state index in [4.69, 9.17) is 9.94 Å². The molecule has 102 valence electrons. The largest absolute Gasteiger partial charge is 0.478 e. The predicted molar refractivity (Wildman–Crippen MR) is 76.4 cm³/mol. The first kappa shape index (κ1) is 13.8. The number of hydrogen-bond donors (Lipinski definition) is 2. The molecule has 0 aliphatic carbocycles. The maximum Gasteiger partial charge on any atom is 0.335 e. The summed E-state index contributed by atoms with van der Waals surface area (Å²) in [7, 11) is 0. The van der Waals surface area contributed by atoms with Gasteiger partial charge in [-0.3, -0.25) is 0 Å². The lowest BCUT2D eigenvalue weighted by Gasteiger charge is -2.05. The van der Waals surface area contributed by atoms with Crippen molar-refractivity contribution >= 4 is 11.8 Å². The fraction of sp³-hybridized carbons (Fsp3) is 0.0667. The van der Waals surface area contributed by atoms with Gasteiger partial charge in [-0.2, -0.15) is 0 Å². The Balaban J connectivity index is 2.29. The number of aromatic carboxylic acids is 1. The molecular weight excluding hydrogens is 256 g/mol. The average Bonchev–Trinajstić information content (AvgIpc) is 2.94. The van der Waals surface area contributed by atoms with E-state index >= 15 is 0 Å². The summed E-state index contributed by atoms with van der Waals surface area (Å²) in [4.78, 5) is 20.6. The van der Waals surface area contributed by atoms with Gasteiger partial charge in [0.1, 0.15) is 0 Å². The van der Waals surface area contributed by atoms with Crippen molar-refractivity contribution in [3.8, 4) is 0 Å². The molecule has 0 amide bonds. The van der Waals surface area contributed by atoms with Crippen LogP contribution in [-0.4, -0.2) is 23.1 Å². The summed E-state index contributed by atoms with van der Waals surface area (Å²) in [5, 5.41) is 8.98.